The summed E-state index contributed by atoms with van der Waals surface area (Å²) in [5, 5.41) is 14.3. The van der Waals surface area contributed by atoms with E-state index in [1.54, 1.807) is 84.7 Å². The van der Waals surface area contributed by atoms with Crippen LogP contribution in [0, 0.1) is 11.8 Å². The van der Waals surface area contributed by atoms with Gasteiger partial charge in [-0.05, 0) is 48.7 Å². The Morgan fingerprint density at radius 2 is 1.64 bits per heavy atom. The molecule has 0 aromatic heterocycles. The number of likely N-dealkylation sites (tertiary alicyclic amines) is 1. The Morgan fingerprint density at radius 3 is 2.34 bits per heavy atom. The fourth-order valence-electron chi connectivity index (χ4n) is 7.86. The van der Waals surface area contributed by atoms with Crippen LogP contribution in [0.4, 0.5) is 5.69 Å². The number of halogens is 1. The average molecular weight is 696 g/mol. The number of fused-ring (bicyclic) bond motifs is 2. The standard InChI is InChI=1S/C39H38ClN3O7/c1-24-34(26-13-6-3-7-14-26)49-38(48)32-30(15-8-9-16-31(45)41-24)50-39-21-10-22-42(28-19-17-27(40)18-20-28)37(47)35(39)43(36(46)33(32)39)29(23-44)25-11-4-2-5-12-25/h2-8,10-15,17-21,24,29-30,32-35,44H,9,16,22-23H2,1H3,(H,41,45)/b15-8-/t24-,29-,30-,32+,33+,34+,35-,39+/m1/s1. The first-order valence-electron chi connectivity index (χ1n) is 16.9. The van der Waals surface area contributed by atoms with Crippen LogP contribution in [0.3, 0.4) is 0 Å². The fourth-order valence-corrected chi connectivity index (χ4v) is 7.99. The maximum atomic E-state index is 15.0. The first kappa shape index (κ1) is 33.7. The number of hydrogen-bond acceptors (Lipinski definition) is 7. The van der Waals surface area contributed by atoms with Gasteiger partial charge in [0.25, 0.3) is 5.91 Å². The number of ether oxygens (including phenoxy) is 2. The van der Waals surface area contributed by atoms with Crippen molar-refractivity contribution in [2.45, 2.75) is 55.7 Å². The predicted molar refractivity (Wildman–Crippen MR) is 186 cm³/mol. The quantitative estimate of drug-likeness (QED) is 0.293. The molecule has 0 radical (unpaired) electrons. The molecule has 4 aliphatic heterocycles. The van der Waals surface area contributed by atoms with E-state index in [2.05, 4.69) is 5.32 Å². The Hall–Kier alpha value is -4.77. The van der Waals surface area contributed by atoms with Crippen molar-refractivity contribution in [3.05, 3.63) is 125 Å². The molecule has 10 nitrogen and oxygen atoms in total. The van der Waals surface area contributed by atoms with Crippen LogP contribution in [0.25, 0.3) is 0 Å². The Bertz CT molecular complexity index is 1820. The summed E-state index contributed by atoms with van der Waals surface area (Å²) in [6.45, 7) is 1.47. The maximum absolute atomic E-state index is 15.0. The lowest BCUT2D eigenvalue weighted by Gasteiger charge is -2.38. The summed E-state index contributed by atoms with van der Waals surface area (Å²) in [6, 6.07) is 22.2. The highest BCUT2D eigenvalue weighted by Gasteiger charge is 2.72. The summed E-state index contributed by atoms with van der Waals surface area (Å²) in [5.74, 6) is -4.12. The molecule has 7 rings (SSSR count). The van der Waals surface area contributed by atoms with E-state index in [-0.39, 0.29) is 18.9 Å². The lowest BCUT2D eigenvalue weighted by Crippen LogP contribution is -2.56. The number of cyclic esters (lactones) is 1. The molecule has 0 aliphatic carbocycles. The van der Waals surface area contributed by atoms with Gasteiger partial charge < -0.3 is 29.7 Å². The van der Waals surface area contributed by atoms with Crippen molar-refractivity contribution in [1.29, 1.82) is 0 Å². The number of nitrogens with zero attached hydrogens (tertiary/aromatic N) is 2. The van der Waals surface area contributed by atoms with Crippen LogP contribution in [-0.2, 0) is 28.7 Å². The topological polar surface area (TPSA) is 125 Å². The van der Waals surface area contributed by atoms with Gasteiger partial charge in [0, 0.05) is 23.7 Å². The molecule has 2 N–H and O–H groups in total. The van der Waals surface area contributed by atoms with Gasteiger partial charge in [0.05, 0.1) is 30.7 Å². The molecule has 0 saturated carbocycles. The number of amides is 3. The lowest BCUT2D eigenvalue weighted by atomic mass is 9.77. The highest BCUT2D eigenvalue weighted by molar-refractivity contribution is 6.30. The van der Waals surface area contributed by atoms with Crippen LogP contribution in [0.15, 0.2) is 109 Å². The molecule has 1 spiro atoms. The Labute approximate surface area is 295 Å². The zero-order chi connectivity index (χ0) is 35.0. The zero-order valence-corrected chi connectivity index (χ0v) is 28.2. The van der Waals surface area contributed by atoms with Crippen LogP contribution in [0.2, 0.25) is 5.02 Å². The fraction of sp³-hybridized carbons (Fsp3) is 0.333. The molecule has 2 saturated heterocycles. The van der Waals surface area contributed by atoms with Gasteiger partial charge in [-0.15, -0.1) is 0 Å². The Balaban J connectivity index is 1.36. The predicted octanol–water partition coefficient (Wildman–Crippen LogP) is 4.70. The molecule has 50 heavy (non-hydrogen) atoms. The molecule has 0 unspecified atom stereocenters. The van der Waals surface area contributed by atoms with E-state index >= 15 is 4.79 Å². The number of hydrogen-bond donors (Lipinski definition) is 2. The van der Waals surface area contributed by atoms with Crippen LogP contribution in [0.5, 0.6) is 0 Å². The van der Waals surface area contributed by atoms with Gasteiger partial charge in [0.2, 0.25) is 11.8 Å². The number of aliphatic hydroxyl groups is 1. The summed E-state index contributed by atoms with van der Waals surface area (Å²) in [5.41, 5.74) is 0.288. The maximum Gasteiger partial charge on any atom is 0.313 e. The van der Waals surface area contributed by atoms with E-state index in [1.165, 1.54) is 4.90 Å². The lowest BCUT2D eigenvalue weighted by molar-refractivity contribution is -0.161. The summed E-state index contributed by atoms with van der Waals surface area (Å²) in [4.78, 5) is 60.3. The van der Waals surface area contributed by atoms with Crippen molar-refractivity contribution in [2.24, 2.45) is 11.8 Å². The molecule has 4 heterocycles. The van der Waals surface area contributed by atoms with Crippen molar-refractivity contribution in [1.82, 2.24) is 10.2 Å². The highest BCUT2D eigenvalue weighted by Crippen LogP contribution is 2.55. The highest BCUT2D eigenvalue weighted by atomic mass is 35.5. The molecule has 11 heteroatoms. The van der Waals surface area contributed by atoms with Crippen LogP contribution < -0.4 is 10.2 Å². The molecule has 4 aliphatic rings. The second-order valence-electron chi connectivity index (χ2n) is 13.1. The molecule has 3 amide bonds. The van der Waals surface area contributed by atoms with E-state index in [1.807, 2.05) is 36.4 Å². The zero-order valence-electron chi connectivity index (χ0n) is 27.4. The first-order chi connectivity index (χ1) is 24.2. The number of allylic oxidation sites excluding steroid dienone is 1. The molecule has 3 aromatic rings. The molecule has 3 aromatic carbocycles. The minimum Gasteiger partial charge on any atom is -0.455 e. The summed E-state index contributed by atoms with van der Waals surface area (Å²) in [6.07, 6.45) is 5.75. The van der Waals surface area contributed by atoms with E-state index in [9.17, 15) is 19.5 Å². The van der Waals surface area contributed by atoms with Crippen molar-refractivity contribution in [3.63, 3.8) is 0 Å². The monoisotopic (exact) mass is 695 g/mol. The van der Waals surface area contributed by atoms with E-state index in [0.29, 0.717) is 28.3 Å². The minimum absolute atomic E-state index is 0.170. The normalized spacial score (nSPS) is 30.9. The van der Waals surface area contributed by atoms with Crippen molar-refractivity contribution >= 4 is 41.0 Å². The first-order valence-corrected chi connectivity index (χ1v) is 17.2. The second-order valence-corrected chi connectivity index (χ2v) is 13.6. The summed E-state index contributed by atoms with van der Waals surface area (Å²) < 4.78 is 13.1. The smallest absolute Gasteiger partial charge is 0.313 e. The third-order valence-corrected chi connectivity index (χ3v) is 10.4. The van der Waals surface area contributed by atoms with Gasteiger partial charge in [-0.25, -0.2) is 0 Å². The van der Waals surface area contributed by atoms with E-state index in [0.717, 1.165) is 0 Å². The van der Waals surface area contributed by atoms with Gasteiger partial charge in [0.15, 0.2) is 0 Å². The Kier molecular flexibility index (Phi) is 9.34. The number of esters is 1. The van der Waals surface area contributed by atoms with Gasteiger partial charge >= 0.3 is 5.97 Å². The second kappa shape index (κ2) is 13.9. The van der Waals surface area contributed by atoms with Crippen LogP contribution in [-0.4, -0.2) is 70.6 Å². The number of aliphatic hydroxyl groups excluding tert-OH is 1. The van der Waals surface area contributed by atoms with E-state index in [4.69, 9.17) is 21.1 Å². The molecular formula is C39H38ClN3O7. The molecule has 0 bridgehead atoms. The van der Waals surface area contributed by atoms with Crippen molar-refractivity contribution < 1.29 is 33.8 Å². The van der Waals surface area contributed by atoms with Crippen molar-refractivity contribution in [2.75, 3.05) is 18.1 Å². The third-order valence-electron chi connectivity index (χ3n) is 10.1. The number of rotatable bonds is 5. The van der Waals surface area contributed by atoms with Crippen molar-refractivity contribution in [3.8, 4) is 0 Å². The van der Waals surface area contributed by atoms with Gasteiger partial charge in [-0.1, -0.05) is 96.6 Å². The van der Waals surface area contributed by atoms with Crippen LogP contribution in [0.1, 0.15) is 43.0 Å². The van der Waals surface area contributed by atoms with Gasteiger partial charge in [-0.2, -0.15) is 0 Å². The van der Waals surface area contributed by atoms with Gasteiger partial charge in [0.1, 0.15) is 23.7 Å². The number of nitrogens with one attached hydrogen (secondary N) is 1. The van der Waals surface area contributed by atoms with E-state index < -0.39 is 72.2 Å². The Morgan fingerprint density at radius 1 is 0.940 bits per heavy atom. The molecule has 258 valence electrons. The summed E-state index contributed by atoms with van der Waals surface area (Å²) in [7, 11) is 0. The van der Waals surface area contributed by atoms with Crippen LogP contribution >= 0.6 is 11.6 Å². The third kappa shape index (κ3) is 5.91. The number of carbonyl (C=O) groups is 4. The largest absolute Gasteiger partial charge is 0.455 e. The number of carbonyl (C=O) groups excluding carboxylic acids is 4. The summed E-state index contributed by atoms with van der Waals surface area (Å²) >= 11 is 6.18. The van der Waals surface area contributed by atoms with Gasteiger partial charge in [-0.3, -0.25) is 19.2 Å². The molecular weight excluding hydrogens is 658 g/mol. The molecule has 8 atom stereocenters. The SMILES string of the molecule is C[C@H]1NC(=O)CC/C=C\[C@H]2O[C@]34C=CCN(c5ccc(Cl)cc5)C(=O)[C@H]3N([C@H](CO)c3ccccc3)C(=O)[C@@H]4[C@H]2C(=O)O[C@@H]1c1ccccc1. The molecule has 2 fully saturated rings. The minimum atomic E-state index is -1.58. The average Bonchev–Trinajstić information content (AvgIpc) is 3.51. The number of benzene rings is 3. The number of anilines is 1.